The largest absolute Gasteiger partial charge is 0.483 e. The first kappa shape index (κ1) is 26.3. The van der Waals surface area contributed by atoms with Crippen molar-refractivity contribution in [2.24, 2.45) is 5.10 Å². The number of nitrogens with zero attached hydrogens (tertiary/aromatic N) is 3. The molecular formula is C26H21BrClIN4O3. The third kappa shape index (κ3) is 6.51. The molecule has 10 heteroatoms. The van der Waals surface area contributed by atoms with E-state index in [0.29, 0.717) is 39.6 Å². The number of aryl methyl sites for hydroxylation is 1. The zero-order valence-corrected chi connectivity index (χ0v) is 23.7. The van der Waals surface area contributed by atoms with Gasteiger partial charge in [-0.3, -0.25) is 9.59 Å². The van der Waals surface area contributed by atoms with Gasteiger partial charge in [-0.25, -0.2) is 4.98 Å². The van der Waals surface area contributed by atoms with Gasteiger partial charge in [0.1, 0.15) is 11.6 Å². The van der Waals surface area contributed by atoms with Crippen molar-refractivity contribution in [2.45, 2.75) is 19.8 Å². The minimum Gasteiger partial charge on any atom is -0.483 e. The number of anilines is 1. The summed E-state index contributed by atoms with van der Waals surface area (Å²) in [7, 11) is 0. The molecule has 0 aliphatic carbocycles. The van der Waals surface area contributed by atoms with Crippen LogP contribution in [0.25, 0.3) is 10.9 Å². The fourth-order valence-corrected chi connectivity index (χ4v) is 4.59. The van der Waals surface area contributed by atoms with Crippen LogP contribution < -0.4 is 15.6 Å². The van der Waals surface area contributed by atoms with Crippen molar-refractivity contribution in [1.29, 1.82) is 0 Å². The van der Waals surface area contributed by atoms with E-state index < -0.39 is 0 Å². The Morgan fingerprint density at radius 1 is 1.19 bits per heavy atom. The van der Waals surface area contributed by atoms with Gasteiger partial charge in [-0.1, -0.05) is 34.5 Å². The lowest BCUT2D eigenvalue weighted by Gasteiger charge is -2.10. The molecule has 36 heavy (non-hydrogen) atoms. The Bertz CT molecular complexity index is 1510. The average Bonchev–Trinajstić information content (AvgIpc) is 2.85. The van der Waals surface area contributed by atoms with Crippen molar-refractivity contribution in [3.05, 3.63) is 95.5 Å². The Labute approximate surface area is 234 Å². The van der Waals surface area contributed by atoms with E-state index in [1.807, 2.05) is 31.2 Å². The molecule has 0 atom stereocenters. The topological polar surface area (TPSA) is 85.6 Å². The summed E-state index contributed by atoms with van der Waals surface area (Å²) in [6.45, 7) is 1.89. The molecular weight excluding hydrogens is 659 g/mol. The molecule has 7 nitrogen and oxygen atoms in total. The SMILES string of the molecule is CCCc1nc2ccc(Br)cc2c(=O)n1N=Cc1ccc(OCC(=O)Nc2ccc(Cl)cc2)c(I)c1. The maximum atomic E-state index is 13.1. The summed E-state index contributed by atoms with van der Waals surface area (Å²) in [5, 5.41) is 8.31. The Hall–Kier alpha value is -2.76. The maximum absolute atomic E-state index is 13.1. The summed E-state index contributed by atoms with van der Waals surface area (Å²) >= 11 is 11.4. The highest BCUT2D eigenvalue weighted by Gasteiger charge is 2.11. The van der Waals surface area contributed by atoms with Crippen molar-refractivity contribution in [1.82, 2.24) is 9.66 Å². The molecule has 3 aromatic carbocycles. The number of amides is 1. The van der Waals surface area contributed by atoms with Gasteiger partial charge in [0.25, 0.3) is 11.5 Å². The van der Waals surface area contributed by atoms with Gasteiger partial charge in [0.15, 0.2) is 6.61 Å². The highest BCUT2D eigenvalue weighted by molar-refractivity contribution is 14.1. The molecule has 0 saturated heterocycles. The Morgan fingerprint density at radius 3 is 2.69 bits per heavy atom. The number of ether oxygens (including phenoxy) is 1. The van der Waals surface area contributed by atoms with E-state index in [-0.39, 0.29) is 18.1 Å². The van der Waals surface area contributed by atoms with Crippen LogP contribution in [-0.2, 0) is 11.2 Å². The minimum absolute atomic E-state index is 0.139. The fourth-order valence-electron chi connectivity index (χ4n) is 3.41. The minimum atomic E-state index is -0.281. The number of aromatic nitrogens is 2. The van der Waals surface area contributed by atoms with Crippen LogP contribution in [0, 0.1) is 3.57 Å². The van der Waals surface area contributed by atoms with Gasteiger partial charge in [-0.15, -0.1) is 0 Å². The lowest BCUT2D eigenvalue weighted by atomic mass is 10.2. The van der Waals surface area contributed by atoms with Gasteiger partial charge in [0.05, 0.1) is 20.7 Å². The highest BCUT2D eigenvalue weighted by atomic mass is 127. The fraction of sp³-hybridized carbons (Fsp3) is 0.154. The summed E-state index contributed by atoms with van der Waals surface area (Å²) in [6.07, 6.45) is 3.08. The normalized spacial score (nSPS) is 11.2. The number of halogens is 3. The number of hydrogen-bond acceptors (Lipinski definition) is 5. The molecule has 0 saturated carbocycles. The second-order valence-electron chi connectivity index (χ2n) is 7.83. The van der Waals surface area contributed by atoms with Crippen LogP contribution in [0.2, 0.25) is 5.02 Å². The molecule has 0 fully saturated rings. The molecule has 1 heterocycles. The second kappa shape index (κ2) is 12.0. The first-order chi connectivity index (χ1) is 17.3. The molecule has 1 N–H and O–H groups in total. The molecule has 0 bridgehead atoms. The Kier molecular flexibility index (Phi) is 8.76. The molecule has 0 aliphatic rings. The van der Waals surface area contributed by atoms with Gasteiger partial charge < -0.3 is 10.1 Å². The molecule has 0 radical (unpaired) electrons. The molecule has 184 valence electrons. The van der Waals surface area contributed by atoms with Crippen molar-refractivity contribution in [3.63, 3.8) is 0 Å². The molecule has 0 aliphatic heterocycles. The van der Waals surface area contributed by atoms with E-state index in [9.17, 15) is 9.59 Å². The van der Waals surface area contributed by atoms with Gasteiger partial charge in [-0.05, 0) is 95.2 Å². The number of benzene rings is 3. The molecule has 4 rings (SSSR count). The van der Waals surface area contributed by atoms with E-state index >= 15 is 0 Å². The first-order valence-corrected chi connectivity index (χ1v) is 13.3. The number of hydrogen-bond donors (Lipinski definition) is 1. The number of fused-ring (bicyclic) bond motifs is 1. The quantitative estimate of drug-likeness (QED) is 0.176. The summed E-state index contributed by atoms with van der Waals surface area (Å²) in [5.74, 6) is 0.895. The van der Waals surface area contributed by atoms with Crippen molar-refractivity contribution >= 4 is 78.8 Å². The Morgan fingerprint density at radius 2 is 1.97 bits per heavy atom. The van der Waals surface area contributed by atoms with Crippen LogP contribution >= 0.6 is 50.1 Å². The molecule has 4 aromatic rings. The van der Waals surface area contributed by atoms with E-state index in [1.54, 1.807) is 42.6 Å². The van der Waals surface area contributed by atoms with Crippen LogP contribution in [0.1, 0.15) is 24.7 Å². The zero-order valence-electron chi connectivity index (χ0n) is 19.2. The molecule has 1 amide bonds. The maximum Gasteiger partial charge on any atom is 0.282 e. The summed E-state index contributed by atoms with van der Waals surface area (Å²) in [6, 6.07) is 17.7. The summed E-state index contributed by atoms with van der Waals surface area (Å²) in [5.41, 5.74) is 1.85. The van der Waals surface area contributed by atoms with E-state index in [2.05, 4.69) is 53.9 Å². The van der Waals surface area contributed by atoms with E-state index in [0.717, 1.165) is 20.0 Å². The first-order valence-electron chi connectivity index (χ1n) is 11.1. The lowest BCUT2D eigenvalue weighted by Crippen LogP contribution is -2.22. The van der Waals surface area contributed by atoms with Crippen LogP contribution in [0.3, 0.4) is 0 Å². The number of carbonyl (C=O) groups is 1. The number of nitrogens with one attached hydrogen (secondary N) is 1. The number of rotatable bonds is 8. The van der Waals surface area contributed by atoms with Gasteiger partial charge in [0.2, 0.25) is 0 Å². The van der Waals surface area contributed by atoms with Crippen molar-refractivity contribution in [3.8, 4) is 5.75 Å². The highest BCUT2D eigenvalue weighted by Crippen LogP contribution is 2.22. The van der Waals surface area contributed by atoms with Crippen molar-refractivity contribution in [2.75, 3.05) is 11.9 Å². The standard InChI is InChI=1S/C26H21BrClIN4O3/c1-2-3-24-32-22-10-5-17(27)13-20(22)26(35)33(24)30-14-16-4-11-23(21(29)12-16)36-15-25(34)31-19-8-6-18(28)7-9-19/h4-14H,2-3,15H2,1H3,(H,31,34). The van der Waals surface area contributed by atoms with Crippen molar-refractivity contribution < 1.29 is 9.53 Å². The smallest absolute Gasteiger partial charge is 0.282 e. The monoisotopic (exact) mass is 678 g/mol. The second-order valence-corrected chi connectivity index (χ2v) is 10.3. The predicted molar refractivity (Wildman–Crippen MR) is 155 cm³/mol. The third-order valence-corrected chi connectivity index (χ3v) is 6.70. The predicted octanol–water partition coefficient (Wildman–Crippen LogP) is 6.27. The molecule has 0 unspecified atom stereocenters. The third-order valence-electron chi connectivity index (χ3n) is 5.11. The van der Waals surface area contributed by atoms with E-state index in [1.165, 1.54) is 4.68 Å². The van der Waals surface area contributed by atoms with Gasteiger partial charge in [-0.2, -0.15) is 9.78 Å². The summed E-state index contributed by atoms with van der Waals surface area (Å²) < 4.78 is 8.65. The number of carbonyl (C=O) groups excluding carboxylic acids is 1. The van der Waals surface area contributed by atoms with E-state index in [4.69, 9.17) is 16.3 Å². The van der Waals surface area contributed by atoms with Crippen LogP contribution in [0.4, 0.5) is 5.69 Å². The van der Waals surface area contributed by atoms with Crippen LogP contribution in [-0.4, -0.2) is 28.4 Å². The lowest BCUT2D eigenvalue weighted by molar-refractivity contribution is -0.118. The van der Waals surface area contributed by atoms with Crippen LogP contribution in [0.5, 0.6) is 5.75 Å². The Balaban J connectivity index is 1.49. The van der Waals surface area contributed by atoms with Gasteiger partial charge >= 0.3 is 0 Å². The summed E-state index contributed by atoms with van der Waals surface area (Å²) in [4.78, 5) is 30.0. The van der Waals surface area contributed by atoms with Crippen LogP contribution in [0.15, 0.2) is 75.0 Å². The average molecular weight is 680 g/mol. The zero-order chi connectivity index (χ0) is 25.7. The van der Waals surface area contributed by atoms with Gasteiger partial charge in [0, 0.05) is 21.6 Å². The molecule has 0 spiro atoms. The molecule has 1 aromatic heterocycles.